The van der Waals surface area contributed by atoms with E-state index in [0.717, 1.165) is 74.9 Å². The molecule has 1 heterocycles. The van der Waals surface area contributed by atoms with Crippen molar-refractivity contribution in [2.75, 3.05) is 26.3 Å². The van der Waals surface area contributed by atoms with Crippen LogP contribution in [-0.4, -0.2) is 56.7 Å². The molecular formula is C37H47N3O7. The van der Waals surface area contributed by atoms with E-state index >= 15 is 0 Å². The van der Waals surface area contributed by atoms with E-state index in [1.807, 2.05) is 48.5 Å². The van der Waals surface area contributed by atoms with Crippen molar-refractivity contribution in [1.82, 2.24) is 14.5 Å². The molecule has 3 aromatic carbocycles. The number of aromatic nitrogens is 2. The van der Waals surface area contributed by atoms with Crippen molar-refractivity contribution in [3.8, 4) is 17.3 Å². The van der Waals surface area contributed by atoms with Gasteiger partial charge in [-0.2, -0.15) is 0 Å². The van der Waals surface area contributed by atoms with Crippen LogP contribution in [0.2, 0.25) is 0 Å². The van der Waals surface area contributed by atoms with Crippen LogP contribution in [0.25, 0.3) is 5.69 Å². The Morgan fingerprint density at radius 3 is 2.40 bits per heavy atom. The van der Waals surface area contributed by atoms with Crippen LogP contribution in [0.1, 0.15) is 73.8 Å². The fourth-order valence-electron chi connectivity index (χ4n) is 5.34. The van der Waals surface area contributed by atoms with Crippen LogP contribution in [-0.2, 0) is 33.8 Å². The molecule has 4 N–H and O–H groups in total. The molecule has 10 nitrogen and oxygen atoms in total. The monoisotopic (exact) mass is 645 g/mol. The summed E-state index contributed by atoms with van der Waals surface area (Å²) < 4.78 is 13.6. The standard InChI is InChI=1S/C37H47N3O7/c1-28(41)47-27-32-23-31(17-18-34(32)42)35(43)24-38-19-8-2-3-9-20-46-21-10-7-12-29-15-11-16-33(22-29)39-26-36(44)40(37(39)45)25-30-13-5-4-6-14-30/h4-6,11,13-18,22-23,26,35,38,42-44H,2-3,7-10,12,19-21,24-25,27H2,1H3/t35-/m0/s1. The van der Waals surface area contributed by atoms with E-state index in [4.69, 9.17) is 9.47 Å². The molecule has 0 radical (unpaired) electrons. The van der Waals surface area contributed by atoms with Crippen LogP contribution in [0.4, 0.5) is 0 Å². The zero-order valence-corrected chi connectivity index (χ0v) is 27.1. The van der Waals surface area contributed by atoms with Gasteiger partial charge >= 0.3 is 11.7 Å². The molecule has 0 aliphatic carbocycles. The number of phenols is 1. The third-order valence-corrected chi connectivity index (χ3v) is 7.98. The number of unbranched alkanes of at least 4 members (excludes halogenated alkanes) is 4. The number of carbonyl (C=O) groups is 1. The van der Waals surface area contributed by atoms with Crippen LogP contribution in [0, 0.1) is 0 Å². The maximum atomic E-state index is 13.0. The number of carbonyl (C=O) groups excluding carboxylic acids is 1. The molecular weight excluding hydrogens is 598 g/mol. The lowest BCUT2D eigenvalue weighted by molar-refractivity contribution is -0.142. The quantitative estimate of drug-likeness (QED) is 0.0743. The highest BCUT2D eigenvalue weighted by Gasteiger charge is 2.13. The van der Waals surface area contributed by atoms with Crippen molar-refractivity contribution in [2.24, 2.45) is 0 Å². The Kier molecular flexibility index (Phi) is 14.1. The van der Waals surface area contributed by atoms with Crippen LogP contribution in [0.3, 0.4) is 0 Å². The minimum absolute atomic E-state index is 0.0303. The van der Waals surface area contributed by atoms with Gasteiger partial charge in [0.05, 0.1) is 24.5 Å². The number of nitrogens with one attached hydrogen (secondary N) is 1. The molecule has 1 aromatic heterocycles. The van der Waals surface area contributed by atoms with Crippen molar-refractivity contribution in [3.05, 3.63) is 112 Å². The molecule has 10 heteroatoms. The number of aliphatic hydroxyl groups is 1. The fourth-order valence-corrected chi connectivity index (χ4v) is 5.34. The number of hydrogen-bond acceptors (Lipinski definition) is 8. The Morgan fingerprint density at radius 2 is 1.62 bits per heavy atom. The Hall–Kier alpha value is -4.38. The first kappa shape index (κ1) is 35.5. The van der Waals surface area contributed by atoms with Gasteiger partial charge in [-0.05, 0) is 79.6 Å². The summed E-state index contributed by atoms with van der Waals surface area (Å²) in [7, 11) is 0. The Morgan fingerprint density at radius 1 is 0.872 bits per heavy atom. The van der Waals surface area contributed by atoms with E-state index in [2.05, 4.69) is 11.4 Å². The van der Waals surface area contributed by atoms with Crippen LogP contribution < -0.4 is 11.0 Å². The van der Waals surface area contributed by atoms with Crippen molar-refractivity contribution >= 4 is 5.97 Å². The van der Waals surface area contributed by atoms with Crippen molar-refractivity contribution in [1.29, 1.82) is 0 Å². The van der Waals surface area contributed by atoms with Gasteiger partial charge in [0.15, 0.2) is 0 Å². The minimum Gasteiger partial charge on any atom is -0.508 e. The number of nitrogens with zero attached hydrogens (tertiary/aromatic N) is 2. The summed E-state index contributed by atoms with van der Waals surface area (Å²) in [5, 5.41) is 34.1. The Balaban J connectivity index is 1.04. The SMILES string of the molecule is CC(=O)OCc1cc([C@@H](O)CNCCCCCCOCCCCc2cccc(-n3cc(O)n(Cc4ccccc4)c3=O)c2)ccc1O. The lowest BCUT2D eigenvalue weighted by Crippen LogP contribution is -2.23. The molecule has 0 spiro atoms. The lowest BCUT2D eigenvalue weighted by Gasteiger charge is -2.14. The first-order valence-corrected chi connectivity index (χ1v) is 16.4. The van der Waals surface area contributed by atoms with Gasteiger partial charge < -0.3 is 30.1 Å². The smallest absolute Gasteiger partial charge is 0.335 e. The summed E-state index contributed by atoms with van der Waals surface area (Å²) in [6.07, 6.45) is 7.74. The van der Waals surface area contributed by atoms with Crippen LogP contribution in [0.15, 0.2) is 83.8 Å². The van der Waals surface area contributed by atoms with E-state index in [0.29, 0.717) is 30.8 Å². The van der Waals surface area contributed by atoms with Gasteiger partial charge in [0, 0.05) is 32.2 Å². The average molecular weight is 646 g/mol. The Bertz CT molecular complexity index is 1600. The molecule has 0 fully saturated rings. The highest BCUT2D eigenvalue weighted by molar-refractivity contribution is 5.66. The summed E-state index contributed by atoms with van der Waals surface area (Å²) in [6, 6.07) is 22.3. The number of benzene rings is 3. The van der Waals surface area contributed by atoms with Gasteiger partial charge in [0.25, 0.3) is 0 Å². The molecule has 0 aliphatic heterocycles. The molecule has 47 heavy (non-hydrogen) atoms. The van der Waals surface area contributed by atoms with E-state index in [1.165, 1.54) is 28.3 Å². The highest BCUT2D eigenvalue weighted by atomic mass is 16.5. The third kappa shape index (κ3) is 11.4. The summed E-state index contributed by atoms with van der Waals surface area (Å²) >= 11 is 0. The molecule has 4 rings (SSSR count). The molecule has 252 valence electrons. The topological polar surface area (TPSA) is 135 Å². The highest BCUT2D eigenvalue weighted by Crippen LogP contribution is 2.23. The summed E-state index contributed by atoms with van der Waals surface area (Å²) in [4.78, 5) is 24.1. The predicted octanol–water partition coefficient (Wildman–Crippen LogP) is 5.38. The van der Waals surface area contributed by atoms with Crippen molar-refractivity contribution in [3.63, 3.8) is 0 Å². The molecule has 4 aromatic rings. The zero-order chi connectivity index (χ0) is 33.4. The molecule has 0 aliphatic rings. The summed E-state index contributed by atoms with van der Waals surface area (Å²) in [5.41, 5.74) is 3.67. The van der Waals surface area contributed by atoms with E-state index in [9.17, 15) is 24.9 Å². The number of aryl methyl sites for hydroxylation is 1. The summed E-state index contributed by atoms with van der Waals surface area (Å²) in [6.45, 7) is 4.25. The number of esters is 1. The lowest BCUT2D eigenvalue weighted by atomic mass is 10.1. The number of aromatic hydroxyl groups is 2. The van der Waals surface area contributed by atoms with E-state index in [-0.39, 0.29) is 23.9 Å². The Labute approximate surface area is 276 Å². The first-order valence-electron chi connectivity index (χ1n) is 16.4. The summed E-state index contributed by atoms with van der Waals surface area (Å²) in [5.74, 6) is -0.454. The van der Waals surface area contributed by atoms with Gasteiger partial charge in [-0.3, -0.25) is 13.9 Å². The second kappa shape index (κ2) is 18.7. The molecule has 1 atom stereocenters. The maximum absolute atomic E-state index is 13.0. The number of ether oxygens (including phenoxy) is 2. The first-order chi connectivity index (χ1) is 22.8. The molecule has 0 saturated carbocycles. The van der Waals surface area contributed by atoms with Crippen LogP contribution >= 0.6 is 0 Å². The van der Waals surface area contributed by atoms with Gasteiger partial charge in [-0.1, -0.05) is 61.4 Å². The average Bonchev–Trinajstić information content (AvgIpc) is 3.35. The maximum Gasteiger partial charge on any atom is 0.335 e. The fraction of sp³-hybridized carbons (Fsp3) is 0.405. The van der Waals surface area contributed by atoms with Gasteiger partial charge in [0.2, 0.25) is 5.88 Å². The van der Waals surface area contributed by atoms with Crippen LogP contribution in [0.5, 0.6) is 11.6 Å². The molecule has 0 saturated heterocycles. The van der Waals surface area contributed by atoms with Gasteiger partial charge in [-0.15, -0.1) is 0 Å². The predicted molar refractivity (Wildman–Crippen MR) is 181 cm³/mol. The number of phenolic OH excluding ortho intramolecular Hbond substituents is 1. The molecule has 0 unspecified atom stereocenters. The molecule has 0 bridgehead atoms. The van der Waals surface area contributed by atoms with E-state index in [1.54, 1.807) is 12.1 Å². The van der Waals surface area contributed by atoms with Gasteiger partial charge in [-0.25, -0.2) is 4.79 Å². The second-order valence-corrected chi connectivity index (χ2v) is 11.8. The number of aliphatic hydroxyl groups excluding tert-OH is 1. The third-order valence-electron chi connectivity index (χ3n) is 7.98. The largest absolute Gasteiger partial charge is 0.508 e. The van der Waals surface area contributed by atoms with Crippen molar-refractivity contribution in [2.45, 2.75) is 71.1 Å². The number of hydrogen-bond donors (Lipinski definition) is 4. The van der Waals surface area contributed by atoms with Crippen molar-refractivity contribution < 1.29 is 29.6 Å². The number of imidazole rings is 1. The van der Waals surface area contributed by atoms with Gasteiger partial charge in [0.1, 0.15) is 12.4 Å². The normalized spacial score (nSPS) is 11.9. The minimum atomic E-state index is -0.721. The number of rotatable bonds is 20. The second-order valence-electron chi connectivity index (χ2n) is 11.8. The van der Waals surface area contributed by atoms with E-state index < -0.39 is 12.1 Å². The molecule has 0 amide bonds. The zero-order valence-electron chi connectivity index (χ0n) is 27.1.